The van der Waals surface area contributed by atoms with E-state index in [1.807, 2.05) is 6.92 Å². The Labute approximate surface area is 198 Å². The van der Waals surface area contributed by atoms with E-state index < -0.39 is 17.4 Å². The van der Waals surface area contributed by atoms with Gasteiger partial charge in [-0.2, -0.15) is 0 Å². The van der Waals surface area contributed by atoms with Gasteiger partial charge in [0.2, 0.25) is 0 Å². The summed E-state index contributed by atoms with van der Waals surface area (Å²) in [5.41, 5.74) is -1.84. The van der Waals surface area contributed by atoms with Gasteiger partial charge in [-0.15, -0.1) is 0 Å². The van der Waals surface area contributed by atoms with Crippen molar-refractivity contribution in [3.05, 3.63) is 35.9 Å². The zero-order valence-electron chi connectivity index (χ0n) is 11.6. The van der Waals surface area contributed by atoms with Crippen LogP contribution < -0.4 is 113 Å². The zero-order chi connectivity index (χ0) is 12.9. The quantitative estimate of drug-likeness (QED) is 0.387. The number of carboxylic acids is 2. The molecule has 0 unspecified atom stereocenters. The van der Waals surface area contributed by atoms with E-state index >= 15 is 0 Å². The fourth-order valence-electron chi connectivity index (χ4n) is 1.83. The Bertz CT molecular complexity index is 392. The summed E-state index contributed by atoms with van der Waals surface area (Å²) < 4.78 is 0. The molecule has 0 aromatic heterocycles. The minimum atomic E-state index is -2.04. The first-order chi connectivity index (χ1) is 8.05. The number of unbranched alkanes of at least 4 members (excludes halogenated alkanes) is 1. The van der Waals surface area contributed by atoms with E-state index in [4.69, 9.17) is 0 Å². The Morgan fingerprint density at radius 3 is 1.89 bits per heavy atom. The molecular formula is C13H14K2O4. The molecule has 0 heterocycles. The van der Waals surface area contributed by atoms with Crippen molar-refractivity contribution < 1.29 is 123 Å². The van der Waals surface area contributed by atoms with Gasteiger partial charge in [0.1, 0.15) is 0 Å². The number of hydrogen-bond acceptors (Lipinski definition) is 4. The molecule has 0 atom stereocenters. The number of hydrogen-bond donors (Lipinski definition) is 0. The van der Waals surface area contributed by atoms with Crippen LogP contribution in [0.3, 0.4) is 0 Å². The molecule has 0 saturated heterocycles. The summed E-state index contributed by atoms with van der Waals surface area (Å²) >= 11 is 0. The summed E-state index contributed by atoms with van der Waals surface area (Å²) in [6, 6.07) is 7.84. The standard InChI is InChI=1S/C13H16O4.2K/c1-2-3-9-13(11(14)15,12(16)17)10-7-5-4-6-8-10;;/h4-8H,2-3,9H2,1H3,(H,14,15)(H,16,17);;/q;2*+1/p-2. The van der Waals surface area contributed by atoms with E-state index in [1.54, 1.807) is 18.2 Å². The number of rotatable bonds is 6. The molecule has 0 radical (unpaired) electrons. The molecule has 1 rings (SSSR count). The van der Waals surface area contributed by atoms with Gasteiger partial charge in [0, 0.05) is 0 Å². The second-order valence-electron chi connectivity index (χ2n) is 3.95. The van der Waals surface area contributed by atoms with Crippen molar-refractivity contribution in [1.29, 1.82) is 0 Å². The van der Waals surface area contributed by atoms with Crippen molar-refractivity contribution in [2.24, 2.45) is 0 Å². The molecule has 0 aliphatic carbocycles. The fourth-order valence-corrected chi connectivity index (χ4v) is 1.83. The smallest absolute Gasteiger partial charge is 0.549 e. The maximum Gasteiger partial charge on any atom is 1.00 e. The van der Waals surface area contributed by atoms with Crippen LogP contribution in [0.2, 0.25) is 0 Å². The Morgan fingerprint density at radius 2 is 1.53 bits per heavy atom. The number of carbonyl (C=O) groups excluding carboxylic acids is 2. The third-order valence-corrected chi connectivity index (χ3v) is 2.87. The number of carboxylic acid groups (broad SMARTS) is 2. The molecule has 19 heavy (non-hydrogen) atoms. The van der Waals surface area contributed by atoms with Gasteiger partial charge in [-0.1, -0.05) is 50.1 Å². The molecule has 6 heteroatoms. The predicted molar refractivity (Wildman–Crippen MR) is 57.7 cm³/mol. The third kappa shape index (κ3) is 5.61. The van der Waals surface area contributed by atoms with Crippen molar-refractivity contribution in [1.82, 2.24) is 0 Å². The maximum absolute atomic E-state index is 11.2. The van der Waals surface area contributed by atoms with Crippen LogP contribution in [0.5, 0.6) is 0 Å². The van der Waals surface area contributed by atoms with Crippen molar-refractivity contribution >= 4 is 11.9 Å². The Balaban J connectivity index is 0. The van der Waals surface area contributed by atoms with E-state index in [2.05, 4.69) is 0 Å². The van der Waals surface area contributed by atoms with E-state index in [1.165, 1.54) is 12.1 Å². The van der Waals surface area contributed by atoms with Crippen molar-refractivity contribution in [2.45, 2.75) is 31.6 Å². The van der Waals surface area contributed by atoms with Gasteiger partial charge in [-0.25, -0.2) is 0 Å². The molecule has 0 bridgehead atoms. The SMILES string of the molecule is CCCCC(C(=O)[O-])(C(=O)[O-])c1ccccc1.[K+].[K+]. The number of carbonyl (C=O) groups is 2. The molecule has 0 aliphatic heterocycles. The largest absolute Gasteiger partial charge is 1.00 e. The van der Waals surface area contributed by atoms with Crippen LogP contribution in [0, 0.1) is 0 Å². The molecule has 92 valence electrons. The molecule has 0 spiro atoms. The van der Waals surface area contributed by atoms with Gasteiger partial charge in [0.05, 0.1) is 17.4 Å². The first-order valence-electron chi connectivity index (χ1n) is 5.54. The average Bonchev–Trinajstić information content (AvgIpc) is 2.30. The molecule has 1 aromatic carbocycles. The van der Waals surface area contributed by atoms with E-state index in [0.29, 0.717) is 12.8 Å². The normalized spacial score (nSPS) is 9.95. The molecule has 0 N–H and O–H groups in total. The summed E-state index contributed by atoms with van der Waals surface area (Å²) in [6.07, 6.45) is 1.17. The summed E-state index contributed by atoms with van der Waals surface area (Å²) in [6.45, 7) is 1.86. The van der Waals surface area contributed by atoms with Gasteiger partial charge >= 0.3 is 103 Å². The molecule has 1 aromatic rings. The minimum absolute atomic E-state index is 0. The minimum Gasteiger partial charge on any atom is -0.549 e. The van der Waals surface area contributed by atoms with Crippen molar-refractivity contribution in [3.8, 4) is 0 Å². The van der Waals surface area contributed by atoms with Gasteiger partial charge in [0.15, 0.2) is 0 Å². The monoisotopic (exact) mass is 312 g/mol. The Kier molecular flexibility index (Phi) is 13.2. The van der Waals surface area contributed by atoms with Crippen molar-refractivity contribution in [3.63, 3.8) is 0 Å². The number of benzene rings is 1. The molecular weight excluding hydrogens is 298 g/mol. The van der Waals surface area contributed by atoms with E-state index in [0.717, 1.165) is 0 Å². The summed E-state index contributed by atoms with van der Waals surface area (Å²) in [4.78, 5) is 22.5. The third-order valence-electron chi connectivity index (χ3n) is 2.87. The van der Waals surface area contributed by atoms with Gasteiger partial charge in [-0.05, 0) is 12.0 Å². The summed E-state index contributed by atoms with van der Waals surface area (Å²) in [5, 5.41) is 22.5. The van der Waals surface area contributed by atoms with Gasteiger partial charge in [0.25, 0.3) is 0 Å². The van der Waals surface area contributed by atoms with E-state index in [9.17, 15) is 19.8 Å². The van der Waals surface area contributed by atoms with Crippen LogP contribution >= 0.6 is 0 Å². The second kappa shape index (κ2) is 11.1. The molecule has 4 nitrogen and oxygen atoms in total. The van der Waals surface area contributed by atoms with Crippen LogP contribution in [0.25, 0.3) is 0 Å². The maximum atomic E-state index is 11.2. The van der Waals surface area contributed by atoms with Gasteiger partial charge < -0.3 is 19.8 Å². The van der Waals surface area contributed by atoms with Crippen LogP contribution in [-0.4, -0.2) is 11.9 Å². The van der Waals surface area contributed by atoms with Gasteiger partial charge in [-0.3, -0.25) is 0 Å². The summed E-state index contributed by atoms with van der Waals surface area (Å²) in [5.74, 6) is -3.23. The average molecular weight is 312 g/mol. The molecule has 0 aliphatic rings. The summed E-state index contributed by atoms with van der Waals surface area (Å²) in [7, 11) is 0. The topological polar surface area (TPSA) is 80.3 Å². The van der Waals surface area contributed by atoms with E-state index in [-0.39, 0.29) is 115 Å². The fraction of sp³-hybridized carbons (Fsp3) is 0.385. The predicted octanol–water partition coefficient (Wildman–Crippen LogP) is -6.38. The van der Waals surface area contributed by atoms with Crippen LogP contribution in [0.4, 0.5) is 0 Å². The molecule has 0 saturated carbocycles. The number of aliphatic carboxylic acids is 2. The van der Waals surface area contributed by atoms with Crippen molar-refractivity contribution in [2.75, 3.05) is 0 Å². The molecule has 0 amide bonds. The Hall–Kier alpha value is 1.43. The Morgan fingerprint density at radius 1 is 1.05 bits per heavy atom. The first kappa shape index (κ1) is 22.7. The molecule has 0 fully saturated rings. The second-order valence-corrected chi connectivity index (χ2v) is 3.95. The van der Waals surface area contributed by atoms with Crippen LogP contribution in [0.1, 0.15) is 31.7 Å². The first-order valence-corrected chi connectivity index (χ1v) is 5.54. The zero-order valence-corrected chi connectivity index (χ0v) is 17.9. The van der Waals surface area contributed by atoms with Crippen LogP contribution in [0.15, 0.2) is 30.3 Å². The van der Waals surface area contributed by atoms with Crippen LogP contribution in [-0.2, 0) is 15.0 Å².